The number of hydrogen-bond donors (Lipinski definition) is 2. The van der Waals surface area contributed by atoms with Crippen LogP contribution in [0.4, 0.5) is 0 Å². The SMILES string of the molecule is COCCN1CC(=O)NC2CCc3c(c(nn3C)C(=O)NCCCN(C(=O)c3ccc4nc(C)c(C)nc4c3)CCCC1=O)C2. The van der Waals surface area contributed by atoms with Crippen molar-refractivity contribution >= 4 is 34.7 Å². The van der Waals surface area contributed by atoms with Crippen LogP contribution in [0.2, 0.25) is 0 Å². The molecule has 1 atom stereocenters. The van der Waals surface area contributed by atoms with Crippen molar-refractivity contribution in [3.05, 3.63) is 52.1 Å². The molecular weight excluding hydrogens is 576 g/mol. The lowest BCUT2D eigenvalue weighted by molar-refractivity contribution is -0.137. The Bertz CT molecular complexity index is 1600. The van der Waals surface area contributed by atoms with E-state index in [4.69, 9.17) is 4.74 Å². The summed E-state index contributed by atoms with van der Waals surface area (Å²) in [5, 5.41) is 10.5. The maximum Gasteiger partial charge on any atom is 0.272 e. The molecule has 1 aliphatic carbocycles. The van der Waals surface area contributed by atoms with Crippen LogP contribution in [-0.2, 0) is 34.2 Å². The molecule has 5 rings (SSSR count). The molecule has 0 fully saturated rings. The van der Waals surface area contributed by atoms with E-state index < -0.39 is 0 Å². The summed E-state index contributed by atoms with van der Waals surface area (Å²) in [6.07, 6.45) is 2.99. The fourth-order valence-corrected chi connectivity index (χ4v) is 6.03. The van der Waals surface area contributed by atoms with Crippen molar-refractivity contribution in [2.45, 2.75) is 58.4 Å². The first-order chi connectivity index (χ1) is 21.6. The van der Waals surface area contributed by atoms with Gasteiger partial charge in [-0.15, -0.1) is 0 Å². The van der Waals surface area contributed by atoms with E-state index in [0.717, 1.165) is 29.1 Å². The lowest BCUT2D eigenvalue weighted by Crippen LogP contribution is -2.47. The van der Waals surface area contributed by atoms with Gasteiger partial charge in [0.15, 0.2) is 5.69 Å². The smallest absolute Gasteiger partial charge is 0.272 e. The van der Waals surface area contributed by atoms with E-state index in [2.05, 4.69) is 25.7 Å². The van der Waals surface area contributed by atoms with E-state index >= 15 is 0 Å². The van der Waals surface area contributed by atoms with Crippen molar-refractivity contribution in [3.8, 4) is 0 Å². The average Bonchev–Trinajstić information content (AvgIpc) is 3.35. The molecule has 13 nitrogen and oxygen atoms in total. The average molecular weight is 619 g/mol. The van der Waals surface area contributed by atoms with E-state index in [1.54, 1.807) is 34.9 Å². The zero-order chi connectivity index (χ0) is 32.1. The normalized spacial score (nSPS) is 18.8. The first kappa shape index (κ1) is 32.0. The van der Waals surface area contributed by atoms with E-state index in [1.165, 1.54) is 4.90 Å². The van der Waals surface area contributed by atoms with Crippen LogP contribution in [0.15, 0.2) is 18.2 Å². The van der Waals surface area contributed by atoms with Crippen molar-refractivity contribution in [1.29, 1.82) is 0 Å². The molecule has 2 aromatic heterocycles. The van der Waals surface area contributed by atoms with Crippen LogP contribution in [0.1, 0.15) is 69.2 Å². The second-order valence-electron chi connectivity index (χ2n) is 11.8. The first-order valence-corrected chi connectivity index (χ1v) is 15.6. The largest absolute Gasteiger partial charge is 0.383 e. The van der Waals surface area contributed by atoms with Gasteiger partial charge in [0, 0.05) is 69.6 Å². The van der Waals surface area contributed by atoms with Crippen LogP contribution in [0.3, 0.4) is 0 Å². The molecule has 2 N–H and O–H groups in total. The van der Waals surface area contributed by atoms with Crippen molar-refractivity contribution < 1.29 is 23.9 Å². The molecule has 0 radical (unpaired) electrons. The second kappa shape index (κ2) is 14.1. The van der Waals surface area contributed by atoms with Crippen LogP contribution in [0, 0.1) is 13.8 Å². The van der Waals surface area contributed by atoms with Crippen molar-refractivity contribution in [1.82, 2.24) is 40.2 Å². The number of fused-ring (bicyclic) bond motifs is 2. The Morgan fingerprint density at radius 3 is 2.58 bits per heavy atom. The van der Waals surface area contributed by atoms with Gasteiger partial charge in [-0.25, -0.2) is 9.97 Å². The van der Waals surface area contributed by atoms with Gasteiger partial charge in [-0.3, -0.25) is 23.9 Å². The Labute approximate surface area is 262 Å². The maximum absolute atomic E-state index is 13.8. The van der Waals surface area contributed by atoms with Gasteiger partial charge in [0.2, 0.25) is 11.8 Å². The summed E-state index contributed by atoms with van der Waals surface area (Å²) in [7, 11) is 3.38. The number of benzene rings is 1. The molecule has 2 bridgehead atoms. The minimum atomic E-state index is -0.270. The van der Waals surface area contributed by atoms with Crippen LogP contribution >= 0.6 is 0 Å². The molecule has 13 heteroatoms. The molecule has 0 spiro atoms. The number of methoxy groups -OCH3 is 1. The van der Waals surface area contributed by atoms with E-state index in [9.17, 15) is 19.2 Å². The third-order valence-electron chi connectivity index (χ3n) is 8.61. The highest BCUT2D eigenvalue weighted by Gasteiger charge is 2.30. The van der Waals surface area contributed by atoms with Gasteiger partial charge in [0.05, 0.1) is 35.6 Å². The number of aromatic nitrogens is 4. The van der Waals surface area contributed by atoms with Gasteiger partial charge in [-0.1, -0.05) is 0 Å². The van der Waals surface area contributed by atoms with Crippen LogP contribution in [-0.4, -0.2) is 106 Å². The minimum absolute atomic E-state index is 0.0917. The summed E-state index contributed by atoms with van der Waals surface area (Å²) in [6.45, 7) is 5.33. The number of amides is 4. The monoisotopic (exact) mass is 618 g/mol. The van der Waals surface area contributed by atoms with Gasteiger partial charge in [-0.2, -0.15) is 5.10 Å². The second-order valence-corrected chi connectivity index (χ2v) is 11.8. The van der Waals surface area contributed by atoms with Gasteiger partial charge in [0.1, 0.15) is 0 Å². The molecule has 1 unspecified atom stereocenters. The van der Waals surface area contributed by atoms with Gasteiger partial charge < -0.3 is 25.2 Å². The highest BCUT2D eigenvalue weighted by atomic mass is 16.5. The van der Waals surface area contributed by atoms with E-state index in [0.29, 0.717) is 74.2 Å². The third-order valence-corrected chi connectivity index (χ3v) is 8.61. The predicted octanol–water partition coefficient (Wildman–Crippen LogP) is 1.48. The van der Waals surface area contributed by atoms with Crippen LogP contribution in [0.5, 0.6) is 0 Å². The highest BCUT2D eigenvalue weighted by Crippen LogP contribution is 2.25. The van der Waals surface area contributed by atoms with Gasteiger partial charge in [0.25, 0.3) is 11.8 Å². The van der Waals surface area contributed by atoms with Gasteiger partial charge >= 0.3 is 0 Å². The fourth-order valence-electron chi connectivity index (χ4n) is 6.03. The van der Waals surface area contributed by atoms with Crippen LogP contribution in [0.25, 0.3) is 11.0 Å². The quantitative estimate of drug-likeness (QED) is 0.446. The lowest BCUT2D eigenvalue weighted by atomic mass is 9.91. The highest BCUT2D eigenvalue weighted by molar-refractivity contribution is 5.97. The van der Waals surface area contributed by atoms with Gasteiger partial charge in [-0.05, 0) is 64.2 Å². The van der Waals surface area contributed by atoms with Crippen molar-refractivity contribution in [3.63, 3.8) is 0 Å². The Hall–Kier alpha value is -4.39. The molecule has 1 aromatic carbocycles. The molecule has 45 heavy (non-hydrogen) atoms. The van der Waals surface area contributed by atoms with E-state index in [-0.39, 0.29) is 49.2 Å². The molecule has 3 aromatic rings. The Balaban J connectivity index is 1.38. The third kappa shape index (κ3) is 7.47. The molecule has 1 aliphatic heterocycles. The number of aryl methyl sites for hydroxylation is 3. The zero-order valence-electron chi connectivity index (χ0n) is 26.5. The molecule has 0 saturated carbocycles. The summed E-state index contributed by atoms with van der Waals surface area (Å²) < 4.78 is 6.94. The summed E-state index contributed by atoms with van der Waals surface area (Å²) in [5.41, 5.74) is 5.65. The van der Waals surface area contributed by atoms with E-state index in [1.807, 2.05) is 20.9 Å². The summed E-state index contributed by atoms with van der Waals surface area (Å²) in [4.78, 5) is 65.8. The van der Waals surface area contributed by atoms with Crippen LogP contribution < -0.4 is 10.6 Å². The Morgan fingerprint density at radius 1 is 1.04 bits per heavy atom. The predicted molar refractivity (Wildman–Crippen MR) is 167 cm³/mol. The standard InChI is InChI=1S/C32H42N8O5/c1-20-21(2)35-26-17-22(8-10-25(26)34-20)32(44)39-13-5-7-29(42)40(15-16-45-4)19-28(41)36-23-9-11-27-24(18-23)30(37-38(27)3)31(43)33-12-6-14-39/h8,10,17,23H,5-7,9,11-16,18-19H2,1-4H3,(H,33,43)(H,36,41). The molecular formula is C32H42N8O5. The number of nitrogens with zero attached hydrogens (tertiary/aromatic N) is 6. The summed E-state index contributed by atoms with van der Waals surface area (Å²) in [5.74, 6) is -0.890. The molecule has 240 valence electrons. The number of carbonyl (C=O) groups is 4. The molecule has 0 saturated heterocycles. The number of nitrogens with one attached hydrogen (secondary N) is 2. The Morgan fingerprint density at radius 2 is 1.80 bits per heavy atom. The van der Waals surface area contributed by atoms with Crippen molar-refractivity contribution in [2.75, 3.05) is 46.4 Å². The molecule has 2 aliphatic rings. The lowest BCUT2D eigenvalue weighted by Gasteiger charge is -2.27. The first-order valence-electron chi connectivity index (χ1n) is 15.6. The topological polar surface area (TPSA) is 152 Å². The fraction of sp³-hybridized carbons (Fsp3) is 0.531. The number of rotatable bonds is 4. The maximum atomic E-state index is 13.8. The number of hydrogen-bond acceptors (Lipinski definition) is 8. The number of carbonyl (C=O) groups excluding carboxylic acids is 4. The zero-order valence-corrected chi connectivity index (χ0v) is 26.5. The molecule has 3 heterocycles. The molecule has 4 amide bonds. The van der Waals surface area contributed by atoms with Crippen molar-refractivity contribution in [2.24, 2.45) is 7.05 Å². The summed E-state index contributed by atoms with van der Waals surface area (Å²) in [6, 6.07) is 5.13. The summed E-state index contributed by atoms with van der Waals surface area (Å²) >= 11 is 0. The Kier molecular flexibility index (Phi) is 10.1. The number of ether oxygens (including phenoxy) is 1. The minimum Gasteiger partial charge on any atom is -0.383 e.